The van der Waals surface area contributed by atoms with E-state index in [1.54, 1.807) is 0 Å². The maximum absolute atomic E-state index is 12.9. The van der Waals surface area contributed by atoms with Crippen molar-refractivity contribution in [2.24, 2.45) is 0 Å². The summed E-state index contributed by atoms with van der Waals surface area (Å²) >= 11 is 0. The van der Waals surface area contributed by atoms with E-state index in [0.29, 0.717) is 6.29 Å². The Morgan fingerprint density at radius 1 is 1.54 bits per heavy atom. The molecular weight excluding hydrogens is 173 g/mol. The van der Waals surface area contributed by atoms with Crippen LogP contribution in [-0.2, 0) is 0 Å². The summed E-state index contributed by atoms with van der Waals surface area (Å²) in [4.78, 5) is 14.1. The quantitative estimate of drug-likeness (QED) is 0.664. The molecule has 0 unspecified atom stereocenters. The van der Waals surface area contributed by atoms with E-state index in [9.17, 15) is 9.18 Å². The number of halogens is 1. The van der Waals surface area contributed by atoms with Gasteiger partial charge in [-0.2, -0.15) is 0 Å². The lowest BCUT2D eigenvalue weighted by Gasteiger charge is -2.05. The molecule has 0 radical (unpaired) electrons. The van der Waals surface area contributed by atoms with Crippen LogP contribution in [-0.4, -0.2) is 17.4 Å². The molecule has 0 aromatic carbocycles. The van der Waals surface area contributed by atoms with Crippen LogP contribution in [0.2, 0.25) is 0 Å². The molecule has 1 fully saturated rings. The molecule has 1 aliphatic rings. The molecule has 3 nitrogen and oxygen atoms in total. The highest BCUT2D eigenvalue weighted by atomic mass is 19.1. The first-order chi connectivity index (χ1) is 6.31. The minimum atomic E-state index is -0.631. The van der Waals surface area contributed by atoms with Gasteiger partial charge < -0.3 is 4.74 Å². The monoisotopic (exact) mass is 181 g/mol. The molecule has 1 aliphatic carbocycles. The number of hydrogen-bond acceptors (Lipinski definition) is 3. The predicted octanol–water partition coefficient (Wildman–Crippen LogP) is 1.57. The summed E-state index contributed by atoms with van der Waals surface area (Å²) in [6, 6.07) is 0. The predicted molar refractivity (Wildman–Crippen MR) is 43.2 cm³/mol. The molecule has 0 spiro atoms. The molecular formula is C9H8FNO2. The molecule has 2 rings (SSSR count). The molecule has 0 N–H and O–H groups in total. The number of pyridine rings is 1. The van der Waals surface area contributed by atoms with Crippen molar-refractivity contribution in [2.75, 3.05) is 0 Å². The van der Waals surface area contributed by atoms with Crippen molar-refractivity contribution in [3.05, 3.63) is 23.8 Å². The number of carbonyl (C=O) groups excluding carboxylic acids is 1. The van der Waals surface area contributed by atoms with Gasteiger partial charge in [0, 0.05) is 0 Å². The van der Waals surface area contributed by atoms with Crippen molar-refractivity contribution in [3.8, 4) is 5.75 Å². The second-order valence-corrected chi connectivity index (χ2v) is 2.97. The molecule has 0 amide bonds. The second kappa shape index (κ2) is 3.12. The number of ether oxygens (including phenoxy) is 1. The lowest BCUT2D eigenvalue weighted by atomic mass is 10.2. The Morgan fingerprint density at radius 2 is 2.31 bits per heavy atom. The number of aromatic nitrogens is 1. The fourth-order valence-electron chi connectivity index (χ4n) is 1.00. The van der Waals surface area contributed by atoms with Crippen LogP contribution in [0.25, 0.3) is 0 Å². The van der Waals surface area contributed by atoms with Crippen LogP contribution in [0.1, 0.15) is 23.2 Å². The highest BCUT2D eigenvalue weighted by molar-refractivity contribution is 5.79. The lowest BCUT2D eigenvalue weighted by Crippen LogP contribution is -2.01. The Balaban J connectivity index is 2.30. The van der Waals surface area contributed by atoms with Crippen molar-refractivity contribution >= 4 is 6.29 Å². The first-order valence-corrected chi connectivity index (χ1v) is 4.06. The van der Waals surface area contributed by atoms with E-state index in [1.807, 2.05) is 0 Å². The van der Waals surface area contributed by atoms with Gasteiger partial charge in [0.1, 0.15) is 0 Å². The van der Waals surface area contributed by atoms with E-state index in [-0.39, 0.29) is 17.4 Å². The SMILES string of the molecule is O=Cc1c(F)cncc1OC1CC1. The summed E-state index contributed by atoms with van der Waals surface area (Å²) in [5, 5.41) is 0. The maximum Gasteiger partial charge on any atom is 0.156 e. The van der Waals surface area contributed by atoms with Gasteiger partial charge in [0.05, 0.1) is 24.1 Å². The number of carbonyl (C=O) groups is 1. The van der Waals surface area contributed by atoms with Crippen LogP contribution in [0.5, 0.6) is 5.75 Å². The van der Waals surface area contributed by atoms with Gasteiger partial charge in [-0.05, 0) is 12.8 Å². The molecule has 1 aromatic rings. The third kappa shape index (κ3) is 1.66. The molecule has 1 saturated carbocycles. The van der Waals surface area contributed by atoms with Crippen molar-refractivity contribution in [2.45, 2.75) is 18.9 Å². The zero-order valence-electron chi connectivity index (χ0n) is 6.87. The van der Waals surface area contributed by atoms with Crippen molar-refractivity contribution in [3.63, 3.8) is 0 Å². The molecule has 4 heteroatoms. The van der Waals surface area contributed by atoms with E-state index in [1.165, 1.54) is 6.20 Å². The molecule has 0 aliphatic heterocycles. The van der Waals surface area contributed by atoms with E-state index in [0.717, 1.165) is 19.0 Å². The first-order valence-electron chi connectivity index (χ1n) is 4.06. The van der Waals surface area contributed by atoms with Gasteiger partial charge in [0.25, 0.3) is 0 Å². The maximum atomic E-state index is 12.9. The van der Waals surface area contributed by atoms with Crippen LogP contribution >= 0.6 is 0 Å². The fraction of sp³-hybridized carbons (Fsp3) is 0.333. The average Bonchev–Trinajstić information content (AvgIpc) is 2.89. The molecule has 0 saturated heterocycles. The molecule has 0 bridgehead atoms. The number of nitrogens with zero attached hydrogens (tertiary/aromatic N) is 1. The molecule has 1 aromatic heterocycles. The van der Waals surface area contributed by atoms with E-state index < -0.39 is 5.82 Å². The summed E-state index contributed by atoms with van der Waals surface area (Å²) in [5.74, 6) is -0.384. The zero-order chi connectivity index (χ0) is 9.26. The van der Waals surface area contributed by atoms with E-state index >= 15 is 0 Å². The van der Waals surface area contributed by atoms with Crippen molar-refractivity contribution in [1.82, 2.24) is 4.98 Å². The Morgan fingerprint density at radius 3 is 2.92 bits per heavy atom. The molecule has 1 heterocycles. The van der Waals surface area contributed by atoms with Gasteiger partial charge in [0.2, 0.25) is 0 Å². The van der Waals surface area contributed by atoms with Crippen LogP contribution in [0.3, 0.4) is 0 Å². The highest BCUT2D eigenvalue weighted by Gasteiger charge is 2.25. The third-order valence-corrected chi connectivity index (χ3v) is 1.84. The van der Waals surface area contributed by atoms with Gasteiger partial charge >= 0.3 is 0 Å². The summed E-state index contributed by atoms with van der Waals surface area (Å²) in [6.45, 7) is 0. The lowest BCUT2D eigenvalue weighted by molar-refractivity contribution is 0.111. The number of hydrogen-bond donors (Lipinski definition) is 0. The highest BCUT2D eigenvalue weighted by Crippen LogP contribution is 2.28. The smallest absolute Gasteiger partial charge is 0.156 e. The molecule has 13 heavy (non-hydrogen) atoms. The summed E-state index contributed by atoms with van der Waals surface area (Å²) in [5.41, 5.74) is -0.0399. The van der Waals surface area contributed by atoms with E-state index in [2.05, 4.69) is 4.98 Å². The Labute approximate surface area is 74.5 Å². The summed E-state index contributed by atoms with van der Waals surface area (Å²) in [7, 11) is 0. The van der Waals surface area contributed by atoms with Crippen molar-refractivity contribution in [1.29, 1.82) is 0 Å². The number of aldehydes is 1. The van der Waals surface area contributed by atoms with Crippen LogP contribution < -0.4 is 4.74 Å². The standard InChI is InChI=1S/C9H8FNO2/c10-8-3-11-4-9(7(8)5-12)13-6-1-2-6/h3-6H,1-2H2. The topological polar surface area (TPSA) is 39.2 Å². The largest absolute Gasteiger partial charge is 0.488 e. The fourth-order valence-corrected chi connectivity index (χ4v) is 1.00. The van der Waals surface area contributed by atoms with Crippen LogP contribution in [0.4, 0.5) is 4.39 Å². The van der Waals surface area contributed by atoms with Gasteiger partial charge in [-0.1, -0.05) is 0 Å². The van der Waals surface area contributed by atoms with Gasteiger partial charge in [-0.15, -0.1) is 0 Å². The van der Waals surface area contributed by atoms with Gasteiger partial charge in [0.15, 0.2) is 17.9 Å². The Kier molecular flexibility index (Phi) is 1.96. The van der Waals surface area contributed by atoms with Gasteiger partial charge in [-0.25, -0.2) is 4.39 Å². The van der Waals surface area contributed by atoms with Crippen LogP contribution in [0, 0.1) is 5.82 Å². The average molecular weight is 181 g/mol. The third-order valence-electron chi connectivity index (χ3n) is 1.84. The van der Waals surface area contributed by atoms with Gasteiger partial charge in [-0.3, -0.25) is 9.78 Å². The normalized spacial score (nSPS) is 15.5. The molecule has 0 atom stereocenters. The Bertz CT molecular complexity index is 336. The second-order valence-electron chi connectivity index (χ2n) is 2.97. The number of rotatable bonds is 3. The van der Waals surface area contributed by atoms with Crippen molar-refractivity contribution < 1.29 is 13.9 Å². The molecule has 68 valence electrons. The zero-order valence-corrected chi connectivity index (χ0v) is 6.87. The first kappa shape index (κ1) is 8.16. The Hall–Kier alpha value is -1.45. The minimum Gasteiger partial charge on any atom is -0.488 e. The van der Waals surface area contributed by atoms with E-state index in [4.69, 9.17) is 4.74 Å². The summed E-state index contributed by atoms with van der Waals surface area (Å²) < 4.78 is 18.2. The van der Waals surface area contributed by atoms with Crippen LogP contribution in [0.15, 0.2) is 12.4 Å². The minimum absolute atomic E-state index is 0.0399. The summed E-state index contributed by atoms with van der Waals surface area (Å²) in [6.07, 6.45) is 4.90.